The summed E-state index contributed by atoms with van der Waals surface area (Å²) in [6.07, 6.45) is 3.58. The smallest absolute Gasteiger partial charge is 0.253 e. The van der Waals surface area contributed by atoms with Crippen LogP contribution in [0.3, 0.4) is 0 Å². The number of piperidine rings is 1. The lowest BCUT2D eigenvalue weighted by molar-refractivity contribution is -0.123. The van der Waals surface area contributed by atoms with E-state index >= 15 is 0 Å². The fraction of sp³-hybridized carbons (Fsp3) is 0.481. The van der Waals surface area contributed by atoms with E-state index in [1.807, 2.05) is 54.6 Å². The number of hydrogen-bond donors (Lipinski definition) is 2. The fourth-order valence-electron chi connectivity index (χ4n) is 4.27. The second-order valence-corrected chi connectivity index (χ2v) is 8.88. The van der Waals surface area contributed by atoms with E-state index in [4.69, 9.17) is 0 Å². The average Bonchev–Trinajstić information content (AvgIpc) is 2.84. The Balaban J connectivity index is 1.58. The SMILES string of the molecule is CC[C@H](C)CNC(=O)c1ccccc1N1CCC(NC(=O)[C@H](CC)c2ccccc2)CC1. The molecule has 2 N–H and O–H groups in total. The van der Waals surface area contributed by atoms with Gasteiger partial charge in [0, 0.05) is 31.4 Å². The highest BCUT2D eigenvalue weighted by Crippen LogP contribution is 2.25. The molecule has 2 aromatic rings. The number of nitrogens with one attached hydrogen (secondary N) is 2. The summed E-state index contributed by atoms with van der Waals surface area (Å²) in [5.74, 6) is 0.462. The maximum absolute atomic E-state index is 12.9. The van der Waals surface area contributed by atoms with Gasteiger partial charge < -0.3 is 15.5 Å². The van der Waals surface area contributed by atoms with Gasteiger partial charge in [-0.05, 0) is 42.9 Å². The summed E-state index contributed by atoms with van der Waals surface area (Å²) in [5.41, 5.74) is 2.78. The fourth-order valence-corrected chi connectivity index (χ4v) is 4.27. The first kappa shape index (κ1) is 23.8. The minimum Gasteiger partial charge on any atom is -0.371 e. The molecule has 1 saturated heterocycles. The van der Waals surface area contributed by atoms with Crippen molar-refractivity contribution in [2.75, 3.05) is 24.5 Å². The number of rotatable bonds is 9. The minimum absolute atomic E-state index is 0.00928. The van der Waals surface area contributed by atoms with Crippen LogP contribution in [0.15, 0.2) is 54.6 Å². The van der Waals surface area contributed by atoms with Gasteiger partial charge in [-0.1, -0.05) is 69.7 Å². The third-order valence-corrected chi connectivity index (χ3v) is 6.57. The molecule has 2 aromatic carbocycles. The summed E-state index contributed by atoms with van der Waals surface area (Å²) >= 11 is 0. The first-order valence-corrected chi connectivity index (χ1v) is 12.0. The van der Waals surface area contributed by atoms with Crippen LogP contribution >= 0.6 is 0 Å². The third-order valence-electron chi connectivity index (χ3n) is 6.57. The van der Waals surface area contributed by atoms with Crippen LogP contribution in [-0.2, 0) is 4.79 Å². The summed E-state index contributed by atoms with van der Waals surface area (Å²) in [4.78, 5) is 28.0. The van der Waals surface area contributed by atoms with Crippen LogP contribution < -0.4 is 15.5 Å². The molecule has 0 bridgehead atoms. The van der Waals surface area contributed by atoms with Crippen LogP contribution in [0.5, 0.6) is 0 Å². The van der Waals surface area contributed by atoms with Crippen molar-refractivity contribution in [3.63, 3.8) is 0 Å². The molecule has 2 atom stereocenters. The lowest BCUT2D eigenvalue weighted by Crippen LogP contribution is -2.46. The van der Waals surface area contributed by atoms with Crippen LogP contribution in [0, 0.1) is 5.92 Å². The average molecular weight is 436 g/mol. The maximum Gasteiger partial charge on any atom is 0.253 e. The predicted octanol–water partition coefficient (Wildman–Crippen LogP) is 4.74. The van der Waals surface area contributed by atoms with E-state index in [1.165, 1.54) is 0 Å². The standard InChI is InChI=1S/C27H37N3O2/c1-4-20(3)19-28-26(31)24-13-9-10-14-25(24)30-17-15-22(16-18-30)29-27(32)23(5-2)21-11-7-6-8-12-21/h6-14,20,22-23H,4-5,15-19H2,1-3H3,(H,28,31)(H,29,32)/t20-,23+/m0/s1. The molecule has 0 radical (unpaired) electrons. The number of para-hydroxylation sites is 1. The Bertz CT molecular complexity index is 875. The molecule has 0 unspecified atom stereocenters. The van der Waals surface area contributed by atoms with E-state index in [0.29, 0.717) is 12.5 Å². The lowest BCUT2D eigenvalue weighted by Gasteiger charge is -2.35. The molecule has 2 amide bonds. The largest absolute Gasteiger partial charge is 0.371 e. The normalized spacial score (nSPS) is 16.3. The van der Waals surface area contributed by atoms with Gasteiger partial charge in [-0.15, -0.1) is 0 Å². The molecule has 0 aliphatic carbocycles. The molecule has 0 spiro atoms. The number of anilines is 1. The van der Waals surface area contributed by atoms with E-state index < -0.39 is 0 Å². The van der Waals surface area contributed by atoms with Gasteiger partial charge in [0.1, 0.15) is 0 Å². The van der Waals surface area contributed by atoms with Gasteiger partial charge in [0.05, 0.1) is 11.5 Å². The summed E-state index contributed by atoms with van der Waals surface area (Å²) in [7, 11) is 0. The molecule has 1 aliphatic rings. The summed E-state index contributed by atoms with van der Waals surface area (Å²) in [6.45, 7) is 8.68. The number of carbonyl (C=O) groups is 2. The highest BCUT2D eigenvalue weighted by molar-refractivity contribution is 5.99. The minimum atomic E-state index is -0.107. The second kappa shape index (κ2) is 11.7. The topological polar surface area (TPSA) is 61.4 Å². The number of carbonyl (C=O) groups excluding carboxylic acids is 2. The van der Waals surface area contributed by atoms with Crippen LogP contribution in [0.4, 0.5) is 5.69 Å². The molecule has 3 rings (SSSR count). The Labute approximate surface area is 192 Å². The van der Waals surface area contributed by atoms with Crippen molar-refractivity contribution in [1.82, 2.24) is 10.6 Å². The van der Waals surface area contributed by atoms with Gasteiger partial charge >= 0.3 is 0 Å². The van der Waals surface area contributed by atoms with Crippen LogP contribution in [0.2, 0.25) is 0 Å². The highest BCUT2D eigenvalue weighted by atomic mass is 16.2. The van der Waals surface area contributed by atoms with E-state index in [2.05, 4.69) is 36.3 Å². The molecule has 1 aliphatic heterocycles. The van der Waals surface area contributed by atoms with Crippen molar-refractivity contribution in [2.45, 2.75) is 58.4 Å². The number of nitrogens with zero attached hydrogens (tertiary/aromatic N) is 1. The lowest BCUT2D eigenvalue weighted by atomic mass is 9.94. The van der Waals surface area contributed by atoms with Crippen LogP contribution in [0.25, 0.3) is 0 Å². The second-order valence-electron chi connectivity index (χ2n) is 8.88. The maximum atomic E-state index is 12.9. The zero-order chi connectivity index (χ0) is 22.9. The zero-order valence-electron chi connectivity index (χ0n) is 19.6. The van der Waals surface area contributed by atoms with Gasteiger partial charge in [0.25, 0.3) is 5.91 Å². The van der Waals surface area contributed by atoms with Crippen molar-refractivity contribution in [1.29, 1.82) is 0 Å². The van der Waals surface area contributed by atoms with Crippen LogP contribution in [-0.4, -0.2) is 37.5 Å². The highest BCUT2D eigenvalue weighted by Gasteiger charge is 2.26. The Morgan fingerprint density at radius 2 is 1.62 bits per heavy atom. The number of amides is 2. The van der Waals surface area contributed by atoms with Gasteiger partial charge in [-0.3, -0.25) is 9.59 Å². The number of benzene rings is 2. The Morgan fingerprint density at radius 1 is 0.969 bits per heavy atom. The molecular weight excluding hydrogens is 398 g/mol. The number of hydrogen-bond acceptors (Lipinski definition) is 3. The van der Waals surface area contributed by atoms with E-state index in [-0.39, 0.29) is 23.8 Å². The van der Waals surface area contributed by atoms with Gasteiger partial charge in [0.15, 0.2) is 0 Å². The molecule has 5 heteroatoms. The van der Waals surface area contributed by atoms with E-state index in [9.17, 15) is 9.59 Å². The molecule has 5 nitrogen and oxygen atoms in total. The van der Waals surface area contributed by atoms with Gasteiger partial charge in [-0.25, -0.2) is 0 Å². The van der Waals surface area contributed by atoms with Crippen molar-refractivity contribution in [2.24, 2.45) is 5.92 Å². The summed E-state index contributed by atoms with van der Waals surface area (Å²) in [5, 5.41) is 6.35. The van der Waals surface area contributed by atoms with Crippen molar-refractivity contribution in [3.8, 4) is 0 Å². The zero-order valence-corrected chi connectivity index (χ0v) is 19.6. The van der Waals surface area contributed by atoms with E-state index in [0.717, 1.165) is 55.6 Å². The quantitative estimate of drug-likeness (QED) is 0.598. The molecular formula is C27H37N3O2. The molecule has 1 heterocycles. The molecule has 172 valence electrons. The molecule has 0 aromatic heterocycles. The Morgan fingerprint density at radius 3 is 2.28 bits per heavy atom. The van der Waals surface area contributed by atoms with Crippen molar-refractivity contribution < 1.29 is 9.59 Å². The Hall–Kier alpha value is -2.82. The van der Waals surface area contributed by atoms with E-state index in [1.54, 1.807) is 0 Å². The molecule has 0 saturated carbocycles. The molecule has 32 heavy (non-hydrogen) atoms. The first-order valence-electron chi connectivity index (χ1n) is 12.0. The predicted molar refractivity (Wildman–Crippen MR) is 131 cm³/mol. The third kappa shape index (κ3) is 6.12. The first-order chi connectivity index (χ1) is 15.5. The summed E-state index contributed by atoms with van der Waals surface area (Å²) in [6, 6.07) is 18.0. The summed E-state index contributed by atoms with van der Waals surface area (Å²) < 4.78 is 0. The van der Waals surface area contributed by atoms with Gasteiger partial charge in [0.2, 0.25) is 5.91 Å². The molecule has 1 fully saturated rings. The van der Waals surface area contributed by atoms with Gasteiger partial charge in [-0.2, -0.15) is 0 Å². The van der Waals surface area contributed by atoms with Crippen LogP contribution in [0.1, 0.15) is 68.3 Å². The van der Waals surface area contributed by atoms with Crippen molar-refractivity contribution >= 4 is 17.5 Å². The van der Waals surface area contributed by atoms with Crippen molar-refractivity contribution in [3.05, 3.63) is 65.7 Å². The Kier molecular flexibility index (Phi) is 8.72. The monoisotopic (exact) mass is 435 g/mol.